The highest BCUT2D eigenvalue weighted by Gasteiger charge is 2.10. The van der Waals surface area contributed by atoms with Gasteiger partial charge in [-0.05, 0) is 48.0 Å². The topological polar surface area (TPSA) is 47.6 Å². The minimum absolute atomic E-state index is 0.101. The molecule has 0 saturated heterocycles. The van der Waals surface area contributed by atoms with Gasteiger partial charge in [-0.25, -0.2) is 0 Å². The molecule has 0 aliphatic rings. The molecular formula is C20H18ClNO3. The SMILES string of the molecule is CCOc1ccc(Cl)cc1NC(=O)COc1ccc2ccccc2c1. The number of halogens is 1. The number of hydrogen-bond donors (Lipinski definition) is 1. The van der Waals surface area contributed by atoms with Gasteiger partial charge in [0.05, 0.1) is 12.3 Å². The van der Waals surface area contributed by atoms with Crippen molar-refractivity contribution < 1.29 is 14.3 Å². The van der Waals surface area contributed by atoms with Crippen LogP contribution in [0.2, 0.25) is 5.02 Å². The molecule has 25 heavy (non-hydrogen) atoms. The summed E-state index contributed by atoms with van der Waals surface area (Å²) in [6.07, 6.45) is 0. The van der Waals surface area contributed by atoms with E-state index < -0.39 is 0 Å². The third-order valence-corrected chi connectivity index (χ3v) is 3.84. The quantitative estimate of drug-likeness (QED) is 0.683. The number of ether oxygens (including phenoxy) is 2. The second kappa shape index (κ2) is 7.90. The maximum atomic E-state index is 12.2. The molecule has 0 unspecified atom stereocenters. The van der Waals surface area contributed by atoms with Gasteiger partial charge in [0.1, 0.15) is 11.5 Å². The zero-order valence-corrected chi connectivity index (χ0v) is 14.5. The third kappa shape index (κ3) is 4.43. The van der Waals surface area contributed by atoms with Gasteiger partial charge in [0, 0.05) is 5.02 Å². The van der Waals surface area contributed by atoms with Crippen LogP contribution in [0.4, 0.5) is 5.69 Å². The molecule has 0 radical (unpaired) electrons. The number of carbonyl (C=O) groups is 1. The van der Waals surface area contributed by atoms with E-state index in [9.17, 15) is 4.79 Å². The molecule has 128 valence electrons. The molecule has 0 saturated carbocycles. The van der Waals surface area contributed by atoms with Crippen LogP contribution in [0.25, 0.3) is 10.8 Å². The molecule has 0 fully saturated rings. The smallest absolute Gasteiger partial charge is 0.262 e. The van der Waals surface area contributed by atoms with Crippen LogP contribution in [-0.2, 0) is 4.79 Å². The predicted molar refractivity (Wildman–Crippen MR) is 101 cm³/mol. The number of anilines is 1. The summed E-state index contributed by atoms with van der Waals surface area (Å²) < 4.78 is 11.1. The standard InChI is InChI=1S/C20H18ClNO3/c1-2-24-19-10-8-16(21)12-18(19)22-20(23)13-25-17-9-7-14-5-3-4-6-15(14)11-17/h3-12H,2,13H2,1H3,(H,22,23). The van der Waals surface area contributed by atoms with Crippen molar-refractivity contribution in [3.05, 3.63) is 65.7 Å². The van der Waals surface area contributed by atoms with Crippen LogP contribution in [0.1, 0.15) is 6.92 Å². The molecule has 0 bridgehead atoms. The first-order chi connectivity index (χ1) is 12.2. The Bertz CT molecular complexity index is 895. The Balaban J connectivity index is 1.65. The van der Waals surface area contributed by atoms with Crippen molar-refractivity contribution in [3.63, 3.8) is 0 Å². The number of rotatable bonds is 6. The van der Waals surface area contributed by atoms with Crippen molar-refractivity contribution in [2.75, 3.05) is 18.5 Å². The number of amides is 1. The lowest BCUT2D eigenvalue weighted by Gasteiger charge is -2.12. The Hall–Kier alpha value is -2.72. The van der Waals surface area contributed by atoms with Crippen LogP contribution < -0.4 is 14.8 Å². The lowest BCUT2D eigenvalue weighted by molar-refractivity contribution is -0.118. The monoisotopic (exact) mass is 355 g/mol. The van der Waals surface area contributed by atoms with Gasteiger partial charge in [-0.15, -0.1) is 0 Å². The average Bonchev–Trinajstić information content (AvgIpc) is 2.62. The molecule has 0 aromatic heterocycles. The zero-order valence-electron chi connectivity index (χ0n) is 13.8. The molecule has 3 aromatic rings. The van der Waals surface area contributed by atoms with Gasteiger partial charge in [-0.2, -0.15) is 0 Å². The fraction of sp³-hybridized carbons (Fsp3) is 0.150. The van der Waals surface area contributed by atoms with E-state index in [0.29, 0.717) is 28.8 Å². The number of fused-ring (bicyclic) bond motifs is 1. The normalized spacial score (nSPS) is 10.5. The second-order valence-electron chi connectivity index (χ2n) is 5.42. The highest BCUT2D eigenvalue weighted by Crippen LogP contribution is 2.28. The average molecular weight is 356 g/mol. The van der Waals surface area contributed by atoms with Crippen molar-refractivity contribution in [3.8, 4) is 11.5 Å². The summed E-state index contributed by atoms with van der Waals surface area (Å²) in [5, 5.41) is 5.48. The van der Waals surface area contributed by atoms with E-state index in [1.165, 1.54) is 0 Å². The third-order valence-electron chi connectivity index (χ3n) is 3.61. The molecule has 0 heterocycles. The first-order valence-corrected chi connectivity index (χ1v) is 8.37. The molecule has 4 nitrogen and oxygen atoms in total. The Morgan fingerprint density at radius 3 is 2.60 bits per heavy atom. The van der Waals surface area contributed by atoms with E-state index in [1.54, 1.807) is 18.2 Å². The Morgan fingerprint density at radius 1 is 1.00 bits per heavy atom. The fourth-order valence-electron chi connectivity index (χ4n) is 2.47. The first kappa shape index (κ1) is 17.1. The van der Waals surface area contributed by atoms with Crippen LogP contribution in [0, 0.1) is 0 Å². The van der Waals surface area contributed by atoms with Gasteiger partial charge in [0.15, 0.2) is 6.61 Å². The van der Waals surface area contributed by atoms with E-state index in [1.807, 2.05) is 49.4 Å². The van der Waals surface area contributed by atoms with Gasteiger partial charge in [0.25, 0.3) is 5.91 Å². The van der Waals surface area contributed by atoms with Gasteiger partial charge >= 0.3 is 0 Å². The summed E-state index contributed by atoms with van der Waals surface area (Å²) >= 11 is 5.99. The van der Waals surface area contributed by atoms with Crippen LogP contribution in [0.15, 0.2) is 60.7 Å². The minimum Gasteiger partial charge on any atom is -0.492 e. The van der Waals surface area contributed by atoms with Gasteiger partial charge in [0.2, 0.25) is 0 Å². The van der Waals surface area contributed by atoms with Gasteiger partial charge in [-0.1, -0.05) is 41.9 Å². The van der Waals surface area contributed by atoms with Crippen LogP contribution >= 0.6 is 11.6 Å². The van der Waals surface area contributed by atoms with E-state index in [0.717, 1.165) is 10.8 Å². The predicted octanol–water partition coefficient (Wildman–Crippen LogP) is 4.91. The fourth-order valence-corrected chi connectivity index (χ4v) is 2.65. The van der Waals surface area contributed by atoms with Crippen LogP contribution in [-0.4, -0.2) is 19.1 Å². The summed E-state index contributed by atoms with van der Waals surface area (Å²) in [7, 11) is 0. The number of carbonyl (C=O) groups excluding carboxylic acids is 1. The highest BCUT2D eigenvalue weighted by atomic mass is 35.5. The van der Waals surface area contributed by atoms with Gasteiger partial charge in [-0.3, -0.25) is 4.79 Å². The molecule has 3 aromatic carbocycles. The summed E-state index contributed by atoms with van der Waals surface area (Å²) in [6, 6.07) is 18.8. The minimum atomic E-state index is -0.281. The lowest BCUT2D eigenvalue weighted by Crippen LogP contribution is -2.20. The summed E-state index contributed by atoms with van der Waals surface area (Å²) in [4.78, 5) is 12.2. The van der Waals surface area contributed by atoms with Crippen molar-refractivity contribution in [1.29, 1.82) is 0 Å². The first-order valence-electron chi connectivity index (χ1n) is 7.99. The van der Waals surface area contributed by atoms with E-state index in [-0.39, 0.29) is 12.5 Å². The van der Waals surface area contributed by atoms with Crippen molar-refractivity contribution >= 4 is 34.0 Å². The summed E-state index contributed by atoms with van der Waals surface area (Å²) in [6.45, 7) is 2.28. The Morgan fingerprint density at radius 2 is 1.80 bits per heavy atom. The molecule has 0 spiro atoms. The van der Waals surface area contributed by atoms with E-state index in [4.69, 9.17) is 21.1 Å². The molecule has 1 amide bonds. The second-order valence-corrected chi connectivity index (χ2v) is 5.86. The molecule has 0 aliphatic heterocycles. The molecular weight excluding hydrogens is 338 g/mol. The summed E-state index contributed by atoms with van der Waals surface area (Å²) in [5.74, 6) is 0.937. The molecule has 3 rings (SSSR count). The molecule has 1 N–H and O–H groups in total. The van der Waals surface area contributed by atoms with Crippen molar-refractivity contribution in [1.82, 2.24) is 0 Å². The van der Waals surface area contributed by atoms with E-state index >= 15 is 0 Å². The Labute approximate surface area is 151 Å². The number of nitrogens with one attached hydrogen (secondary N) is 1. The highest BCUT2D eigenvalue weighted by molar-refractivity contribution is 6.31. The van der Waals surface area contributed by atoms with Crippen LogP contribution in [0.3, 0.4) is 0 Å². The van der Waals surface area contributed by atoms with Crippen LogP contribution in [0.5, 0.6) is 11.5 Å². The number of benzene rings is 3. The van der Waals surface area contributed by atoms with Crippen molar-refractivity contribution in [2.24, 2.45) is 0 Å². The zero-order chi connectivity index (χ0) is 17.6. The maximum Gasteiger partial charge on any atom is 0.262 e. The molecule has 5 heteroatoms. The lowest BCUT2D eigenvalue weighted by atomic mass is 10.1. The number of hydrogen-bond acceptors (Lipinski definition) is 3. The van der Waals surface area contributed by atoms with Gasteiger partial charge < -0.3 is 14.8 Å². The summed E-state index contributed by atoms with van der Waals surface area (Å²) in [5.41, 5.74) is 0.529. The molecule has 0 atom stereocenters. The largest absolute Gasteiger partial charge is 0.492 e. The maximum absolute atomic E-state index is 12.2. The Kier molecular flexibility index (Phi) is 5.41. The van der Waals surface area contributed by atoms with Crippen molar-refractivity contribution in [2.45, 2.75) is 6.92 Å². The molecule has 0 aliphatic carbocycles. The van der Waals surface area contributed by atoms with E-state index in [2.05, 4.69) is 5.32 Å².